The number of ether oxygens (including phenoxy) is 2. The Labute approximate surface area is 186 Å². The minimum Gasteiger partial charge on any atom is -0.490 e. The van der Waals surface area contributed by atoms with Crippen LogP contribution in [0.1, 0.15) is 17.2 Å². The van der Waals surface area contributed by atoms with Gasteiger partial charge in [-0.25, -0.2) is 0 Å². The number of aliphatic hydroxyl groups is 1. The first-order chi connectivity index (χ1) is 13.5. The molecule has 0 radical (unpaired) electrons. The average molecular weight is 529 g/mol. The predicted octanol–water partition coefficient (Wildman–Crippen LogP) is 4.81. The minimum atomic E-state index is -0.654. The van der Waals surface area contributed by atoms with E-state index in [-0.39, 0.29) is 0 Å². The van der Waals surface area contributed by atoms with Crippen LogP contribution in [0.4, 0.5) is 0 Å². The van der Waals surface area contributed by atoms with Gasteiger partial charge in [-0.1, -0.05) is 33.6 Å². The van der Waals surface area contributed by atoms with Crippen LogP contribution in [0.5, 0.6) is 5.75 Å². The number of nitrogens with zero attached hydrogens (tertiary/aromatic N) is 1. The van der Waals surface area contributed by atoms with E-state index in [1.807, 2.05) is 12.1 Å². The Kier molecular flexibility index (Phi) is 6.40. The molecule has 4 nitrogen and oxygen atoms in total. The highest BCUT2D eigenvalue weighted by Crippen LogP contribution is 2.51. The lowest BCUT2D eigenvalue weighted by molar-refractivity contribution is 0.00480. The van der Waals surface area contributed by atoms with Crippen LogP contribution in [-0.2, 0) is 4.74 Å². The molecule has 1 saturated heterocycles. The fourth-order valence-electron chi connectivity index (χ4n) is 3.72. The van der Waals surface area contributed by atoms with Gasteiger partial charge >= 0.3 is 0 Å². The molecule has 7 heteroatoms. The first-order valence-electron chi connectivity index (χ1n) is 9.32. The molecular weight excluding hydrogens is 506 g/mol. The van der Waals surface area contributed by atoms with Gasteiger partial charge in [0, 0.05) is 34.6 Å². The first kappa shape index (κ1) is 20.7. The fourth-order valence-corrected chi connectivity index (χ4v) is 6.44. The second-order valence-electron chi connectivity index (χ2n) is 7.37. The second kappa shape index (κ2) is 8.66. The van der Waals surface area contributed by atoms with E-state index in [1.54, 1.807) is 11.8 Å². The molecule has 28 heavy (non-hydrogen) atoms. The Morgan fingerprint density at radius 1 is 1.18 bits per heavy atom. The van der Waals surface area contributed by atoms with E-state index in [1.165, 1.54) is 5.56 Å². The van der Waals surface area contributed by atoms with Crippen LogP contribution >= 0.6 is 43.6 Å². The van der Waals surface area contributed by atoms with Gasteiger partial charge in [0.1, 0.15) is 18.5 Å². The molecular formula is C21H23Br2NO3S. The molecule has 2 aromatic carbocycles. The van der Waals surface area contributed by atoms with E-state index in [2.05, 4.69) is 67.9 Å². The van der Waals surface area contributed by atoms with E-state index < -0.39 is 10.9 Å². The van der Waals surface area contributed by atoms with Gasteiger partial charge in [0.25, 0.3) is 0 Å². The predicted molar refractivity (Wildman–Crippen MR) is 119 cm³/mol. The summed E-state index contributed by atoms with van der Waals surface area (Å²) in [6, 6.07) is 12.4. The number of benzene rings is 2. The molecule has 2 atom stereocenters. The van der Waals surface area contributed by atoms with Gasteiger partial charge in [-0.3, -0.25) is 4.90 Å². The molecule has 1 fully saturated rings. The smallest absolute Gasteiger partial charge is 0.139 e. The lowest BCUT2D eigenvalue weighted by Gasteiger charge is -2.45. The minimum absolute atomic E-state index is 0.442. The topological polar surface area (TPSA) is 41.9 Å². The van der Waals surface area contributed by atoms with Crippen LogP contribution < -0.4 is 4.74 Å². The van der Waals surface area contributed by atoms with Crippen molar-refractivity contribution in [1.29, 1.82) is 0 Å². The highest BCUT2D eigenvalue weighted by atomic mass is 79.9. The molecule has 0 unspecified atom stereocenters. The SMILES string of the molecule is Cc1ccc(S[C@]2(CN3CCOCC3)COc3c(Br)cc(Br)cc3[C@H]2O)cc1. The summed E-state index contributed by atoms with van der Waals surface area (Å²) >= 11 is 8.83. The van der Waals surface area contributed by atoms with Gasteiger partial charge < -0.3 is 14.6 Å². The number of rotatable bonds is 4. The number of halogens is 2. The molecule has 2 aromatic rings. The van der Waals surface area contributed by atoms with E-state index in [0.29, 0.717) is 6.61 Å². The summed E-state index contributed by atoms with van der Waals surface area (Å²) in [5.41, 5.74) is 2.05. The molecule has 0 saturated carbocycles. The zero-order valence-corrected chi connectivity index (χ0v) is 19.6. The van der Waals surface area contributed by atoms with E-state index in [0.717, 1.165) is 58.0 Å². The maximum Gasteiger partial charge on any atom is 0.139 e. The normalized spacial score (nSPS) is 25.2. The molecule has 1 N–H and O–H groups in total. The van der Waals surface area contributed by atoms with Crippen molar-refractivity contribution in [3.8, 4) is 5.75 Å². The van der Waals surface area contributed by atoms with Gasteiger partial charge in [-0.15, -0.1) is 11.8 Å². The molecule has 0 amide bonds. The Morgan fingerprint density at radius 2 is 1.89 bits per heavy atom. The molecule has 0 aliphatic carbocycles. The largest absolute Gasteiger partial charge is 0.490 e. The highest BCUT2D eigenvalue weighted by molar-refractivity contribution is 9.11. The summed E-state index contributed by atoms with van der Waals surface area (Å²) in [5.74, 6) is 0.734. The summed E-state index contributed by atoms with van der Waals surface area (Å²) < 4.78 is 13.0. The number of hydrogen-bond acceptors (Lipinski definition) is 5. The van der Waals surface area contributed by atoms with E-state index in [4.69, 9.17) is 9.47 Å². The van der Waals surface area contributed by atoms with Crippen LogP contribution in [0.3, 0.4) is 0 Å². The summed E-state index contributed by atoms with van der Waals surface area (Å²) in [6.07, 6.45) is -0.654. The van der Waals surface area contributed by atoms with Gasteiger partial charge in [-0.05, 0) is 47.1 Å². The van der Waals surface area contributed by atoms with Gasteiger partial charge in [0.2, 0.25) is 0 Å². The lowest BCUT2D eigenvalue weighted by atomic mass is 9.91. The molecule has 4 rings (SSSR count). The van der Waals surface area contributed by atoms with Gasteiger partial charge in [0.05, 0.1) is 22.4 Å². The standard InChI is InChI=1S/C21H23Br2NO3S/c1-14-2-4-16(5-3-14)28-21(12-24-6-8-26-9-7-24)13-27-19-17(20(21)25)10-15(22)11-18(19)23/h2-5,10-11,20,25H,6-9,12-13H2,1H3/t20-,21-/m1/s1. The van der Waals surface area contributed by atoms with Crippen LogP contribution in [0.2, 0.25) is 0 Å². The van der Waals surface area contributed by atoms with Crippen LogP contribution in [0.15, 0.2) is 50.2 Å². The Bertz CT molecular complexity index is 842. The number of aliphatic hydroxyl groups excluding tert-OH is 1. The third-order valence-electron chi connectivity index (χ3n) is 5.23. The maximum absolute atomic E-state index is 11.6. The van der Waals surface area contributed by atoms with Crippen molar-refractivity contribution < 1.29 is 14.6 Å². The monoisotopic (exact) mass is 527 g/mol. The molecule has 0 bridgehead atoms. The van der Waals surface area contributed by atoms with E-state index >= 15 is 0 Å². The Morgan fingerprint density at radius 3 is 2.61 bits per heavy atom. The fraction of sp³-hybridized carbons (Fsp3) is 0.429. The molecule has 2 heterocycles. The summed E-state index contributed by atoms with van der Waals surface area (Å²) in [4.78, 5) is 3.51. The molecule has 0 aromatic heterocycles. The van der Waals surface area contributed by atoms with Crippen LogP contribution in [0, 0.1) is 6.92 Å². The van der Waals surface area contributed by atoms with Crippen LogP contribution in [-0.4, -0.2) is 54.2 Å². The maximum atomic E-state index is 11.6. The van der Waals surface area contributed by atoms with Crippen molar-refractivity contribution in [2.45, 2.75) is 22.7 Å². The van der Waals surface area contributed by atoms with E-state index in [9.17, 15) is 5.11 Å². The van der Waals surface area contributed by atoms with Crippen molar-refractivity contribution >= 4 is 43.6 Å². The quantitative estimate of drug-likeness (QED) is 0.616. The molecule has 2 aliphatic rings. The summed E-state index contributed by atoms with van der Waals surface area (Å²) in [7, 11) is 0. The number of hydrogen-bond donors (Lipinski definition) is 1. The molecule has 150 valence electrons. The van der Waals surface area contributed by atoms with Crippen molar-refractivity contribution in [3.05, 3.63) is 56.5 Å². The summed E-state index contributed by atoms with van der Waals surface area (Å²) in [5, 5.41) is 11.6. The average Bonchev–Trinajstić information content (AvgIpc) is 2.68. The number of morpholine rings is 1. The van der Waals surface area contributed by atoms with Gasteiger partial charge in [0.15, 0.2) is 0 Å². The Balaban J connectivity index is 1.70. The molecule has 2 aliphatic heterocycles. The van der Waals surface area contributed by atoms with Gasteiger partial charge in [-0.2, -0.15) is 0 Å². The lowest BCUT2D eigenvalue weighted by Crippen LogP contribution is -2.53. The highest BCUT2D eigenvalue weighted by Gasteiger charge is 2.47. The number of fused-ring (bicyclic) bond motifs is 1. The van der Waals surface area contributed by atoms with Crippen molar-refractivity contribution in [1.82, 2.24) is 4.90 Å². The van der Waals surface area contributed by atoms with Crippen molar-refractivity contribution in [2.75, 3.05) is 39.5 Å². The first-order valence-corrected chi connectivity index (χ1v) is 11.7. The second-order valence-corrected chi connectivity index (χ2v) is 10.6. The number of thioether (sulfide) groups is 1. The number of aryl methyl sites for hydroxylation is 1. The third kappa shape index (κ3) is 4.30. The molecule has 0 spiro atoms. The third-order valence-corrected chi connectivity index (χ3v) is 7.66. The zero-order valence-electron chi connectivity index (χ0n) is 15.7. The summed E-state index contributed by atoms with van der Waals surface area (Å²) in [6.45, 7) is 6.47. The zero-order chi connectivity index (χ0) is 19.7. The van der Waals surface area contributed by atoms with Crippen molar-refractivity contribution in [3.63, 3.8) is 0 Å². The van der Waals surface area contributed by atoms with Crippen LogP contribution in [0.25, 0.3) is 0 Å². The Hall–Kier alpha value is -0.570. The van der Waals surface area contributed by atoms with Crippen molar-refractivity contribution in [2.24, 2.45) is 0 Å².